The van der Waals surface area contributed by atoms with E-state index in [9.17, 15) is 22.0 Å². The molecule has 0 atom stereocenters. The molecule has 0 aliphatic rings. The molecule has 4 aromatic carbocycles. The van der Waals surface area contributed by atoms with Crippen molar-refractivity contribution >= 4 is 10.8 Å². The minimum atomic E-state index is -5.13. The number of fused-ring (bicyclic) bond motifs is 1. The Hall–Kier alpha value is -3.72. The van der Waals surface area contributed by atoms with Gasteiger partial charge in [0.05, 0.1) is 0 Å². The number of alkyl halides is 3. The highest BCUT2D eigenvalue weighted by Gasteiger charge is 2.37. The average Bonchev–Trinajstić information content (AvgIpc) is 2.91. The van der Waals surface area contributed by atoms with E-state index in [0.29, 0.717) is 28.5 Å². The van der Waals surface area contributed by atoms with Gasteiger partial charge >= 0.3 is 6.18 Å². The summed E-state index contributed by atoms with van der Waals surface area (Å²) in [6.07, 6.45) is 2.23. The number of hydrogen-bond donors (Lipinski definition) is 0. The molecule has 4 aromatic rings. The van der Waals surface area contributed by atoms with Crippen LogP contribution in [-0.4, -0.2) is 0 Å². The van der Waals surface area contributed by atoms with Crippen molar-refractivity contribution in [3.63, 3.8) is 0 Å². The maximum Gasteiger partial charge on any atom is 0.422 e. The van der Waals surface area contributed by atoms with Crippen molar-refractivity contribution in [1.29, 1.82) is 0 Å². The van der Waals surface area contributed by atoms with E-state index in [0.717, 1.165) is 17.5 Å². The van der Waals surface area contributed by atoms with Crippen LogP contribution in [0.4, 0.5) is 26.3 Å². The second-order valence-electron chi connectivity index (χ2n) is 10.0. The molecule has 4 rings (SSSR count). The molecule has 0 radical (unpaired) electrons. The van der Waals surface area contributed by atoms with Gasteiger partial charge in [-0.25, -0.2) is 13.2 Å². The number of halogens is 6. The van der Waals surface area contributed by atoms with Crippen LogP contribution < -0.4 is 0 Å². The zero-order chi connectivity index (χ0) is 28.7. The van der Waals surface area contributed by atoms with E-state index in [-0.39, 0.29) is 18.4 Å². The second kappa shape index (κ2) is 13.1. The Morgan fingerprint density at radius 2 is 1.27 bits per heavy atom. The van der Waals surface area contributed by atoms with Crippen molar-refractivity contribution in [1.82, 2.24) is 0 Å². The first-order chi connectivity index (χ1) is 19.2. The lowest BCUT2D eigenvalue weighted by molar-refractivity contribution is -0.142. The molecule has 208 valence electrons. The van der Waals surface area contributed by atoms with Gasteiger partial charge in [0.1, 0.15) is 23.0 Å². The third kappa shape index (κ3) is 7.47. The number of hydrogen-bond acceptors (Lipinski definition) is 0. The molecule has 0 saturated heterocycles. The van der Waals surface area contributed by atoms with Gasteiger partial charge < -0.3 is 0 Å². The Labute approximate surface area is 231 Å². The highest BCUT2D eigenvalue weighted by molar-refractivity contribution is 5.85. The summed E-state index contributed by atoms with van der Waals surface area (Å²) in [6, 6.07) is 18.0. The Morgan fingerprint density at radius 3 is 1.95 bits per heavy atom. The molecule has 0 fully saturated rings. The molecule has 0 aliphatic carbocycles. The topological polar surface area (TPSA) is 0 Å². The first-order valence-electron chi connectivity index (χ1n) is 13.5. The number of aryl methyl sites for hydroxylation is 3. The van der Waals surface area contributed by atoms with Crippen LogP contribution in [0, 0.1) is 29.3 Å². The van der Waals surface area contributed by atoms with E-state index in [4.69, 9.17) is 0 Å². The molecular formula is C34H30F6. The lowest BCUT2D eigenvalue weighted by atomic mass is 9.98. The molecule has 0 unspecified atom stereocenters. The molecular weight excluding hydrogens is 522 g/mol. The van der Waals surface area contributed by atoms with Crippen molar-refractivity contribution in [3.05, 3.63) is 118 Å². The smallest absolute Gasteiger partial charge is 0.206 e. The lowest BCUT2D eigenvalue weighted by Crippen LogP contribution is -2.12. The Bertz CT molecular complexity index is 1500. The normalized spacial score (nSPS) is 11.5. The van der Waals surface area contributed by atoms with E-state index in [1.165, 1.54) is 37.7 Å². The summed E-state index contributed by atoms with van der Waals surface area (Å²) in [5.74, 6) is 2.44. The monoisotopic (exact) mass is 552 g/mol. The molecule has 0 N–H and O–H groups in total. The van der Waals surface area contributed by atoms with Crippen molar-refractivity contribution in [2.75, 3.05) is 0 Å². The largest absolute Gasteiger partial charge is 0.422 e. The molecule has 0 saturated carbocycles. The molecule has 0 spiro atoms. The van der Waals surface area contributed by atoms with Crippen LogP contribution >= 0.6 is 0 Å². The Balaban J connectivity index is 1.42. The summed E-state index contributed by atoms with van der Waals surface area (Å²) in [4.78, 5) is 0. The fraction of sp³-hybridized carbons (Fsp3) is 0.294. The Morgan fingerprint density at radius 1 is 0.625 bits per heavy atom. The molecule has 0 aliphatic heterocycles. The average molecular weight is 553 g/mol. The van der Waals surface area contributed by atoms with Gasteiger partial charge in [0.15, 0.2) is 0 Å². The summed E-state index contributed by atoms with van der Waals surface area (Å²) >= 11 is 0. The fourth-order valence-electron chi connectivity index (χ4n) is 4.76. The molecule has 0 amide bonds. The molecule has 6 heteroatoms. The first-order valence-corrected chi connectivity index (χ1v) is 13.5. The predicted octanol–water partition coefficient (Wildman–Crippen LogP) is 9.97. The van der Waals surface area contributed by atoms with Gasteiger partial charge in [-0.15, -0.1) is 0 Å². The summed E-state index contributed by atoms with van der Waals surface area (Å²) in [5, 5.41) is 1.02. The molecule has 0 bridgehead atoms. The molecule has 40 heavy (non-hydrogen) atoms. The number of unbranched alkanes of at least 4 members (excludes halogenated alkanes) is 4. The van der Waals surface area contributed by atoms with Crippen molar-refractivity contribution in [3.8, 4) is 11.8 Å². The fourth-order valence-corrected chi connectivity index (χ4v) is 4.76. The summed E-state index contributed by atoms with van der Waals surface area (Å²) < 4.78 is 81.3. The Kier molecular flexibility index (Phi) is 9.58. The molecule has 0 nitrogen and oxygen atoms in total. The van der Waals surface area contributed by atoms with Crippen LogP contribution in [0.5, 0.6) is 0 Å². The van der Waals surface area contributed by atoms with E-state index >= 15 is 4.39 Å². The van der Waals surface area contributed by atoms with Gasteiger partial charge in [0.2, 0.25) is 0 Å². The van der Waals surface area contributed by atoms with Gasteiger partial charge in [-0.2, -0.15) is 13.2 Å². The quantitative estimate of drug-likeness (QED) is 0.110. The molecule has 0 heterocycles. The van der Waals surface area contributed by atoms with Crippen molar-refractivity contribution in [2.45, 2.75) is 64.5 Å². The zero-order valence-electron chi connectivity index (χ0n) is 22.3. The van der Waals surface area contributed by atoms with Crippen LogP contribution in [0.1, 0.15) is 72.4 Å². The zero-order valence-corrected chi connectivity index (χ0v) is 22.3. The van der Waals surface area contributed by atoms with Gasteiger partial charge in [-0.1, -0.05) is 74.8 Å². The van der Waals surface area contributed by atoms with Gasteiger partial charge in [0.25, 0.3) is 0 Å². The summed E-state index contributed by atoms with van der Waals surface area (Å²) in [5.41, 5.74) is 1.33. The predicted molar refractivity (Wildman–Crippen MR) is 148 cm³/mol. The SMILES string of the molecule is CCCCCCCc1ccc(C#Cc2ccc3c(F)c(CCc4cc(F)c(C(F)(F)F)c(F)c4)ccc3c2)cc1. The lowest BCUT2D eigenvalue weighted by Gasteiger charge is -2.12. The number of rotatable bonds is 9. The van der Waals surface area contributed by atoms with Gasteiger partial charge in [-0.05, 0) is 84.2 Å². The van der Waals surface area contributed by atoms with E-state index < -0.39 is 29.2 Å². The highest BCUT2D eigenvalue weighted by atomic mass is 19.4. The summed E-state index contributed by atoms with van der Waals surface area (Å²) in [6.45, 7) is 2.21. The van der Waals surface area contributed by atoms with E-state index in [1.54, 1.807) is 30.3 Å². The highest BCUT2D eigenvalue weighted by Crippen LogP contribution is 2.34. The summed E-state index contributed by atoms with van der Waals surface area (Å²) in [7, 11) is 0. The van der Waals surface area contributed by atoms with Crippen LogP contribution in [0.2, 0.25) is 0 Å². The van der Waals surface area contributed by atoms with Crippen molar-refractivity contribution < 1.29 is 26.3 Å². The van der Waals surface area contributed by atoms with Crippen molar-refractivity contribution in [2.24, 2.45) is 0 Å². The third-order valence-corrected chi connectivity index (χ3v) is 6.98. The van der Waals surface area contributed by atoms with Crippen LogP contribution in [0.3, 0.4) is 0 Å². The van der Waals surface area contributed by atoms with E-state index in [1.807, 2.05) is 12.1 Å². The van der Waals surface area contributed by atoms with Gasteiger partial charge in [0, 0.05) is 16.5 Å². The third-order valence-electron chi connectivity index (χ3n) is 6.98. The van der Waals surface area contributed by atoms with Crippen LogP contribution in [0.25, 0.3) is 10.8 Å². The van der Waals surface area contributed by atoms with E-state index in [2.05, 4.69) is 30.9 Å². The van der Waals surface area contributed by atoms with Crippen LogP contribution in [0.15, 0.2) is 66.7 Å². The minimum Gasteiger partial charge on any atom is -0.206 e. The first kappa shape index (κ1) is 29.3. The number of benzene rings is 4. The minimum absolute atomic E-state index is 0.0182. The molecule has 0 aromatic heterocycles. The maximum atomic E-state index is 15.2. The maximum absolute atomic E-state index is 15.2. The van der Waals surface area contributed by atoms with Gasteiger partial charge in [-0.3, -0.25) is 0 Å². The van der Waals surface area contributed by atoms with Crippen LogP contribution in [-0.2, 0) is 25.4 Å². The standard InChI is InChI=1S/C34H30F6/c1-2-3-4-5-6-7-23-8-10-24(11-9-23)12-13-25-15-19-29-28(20-25)18-17-27(33(29)37)16-14-26-21-30(35)32(31(36)22-26)34(38,39)40/h8-11,15,17-22H,2-7,14,16H2,1H3. The second-order valence-corrected chi connectivity index (χ2v) is 10.0.